The molecule has 1 heterocycles. The molecule has 0 saturated carbocycles. The molecule has 1 aliphatic rings. The van der Waals surface area contributed by atoms with Crippen molar-refractivity contribution in [2.45, 2.75) is 25.0 Å². The average Bonchev–Trinajstić information content (AvgIpc) is 2.18. The smallest absolute Gasteiger partial charge is 0.335 e. The van der Waals surface area contributed by atoms with Crippen LogP contribution in [0.1, 0.15) is 12.8 Å². The van der Waals surface area contributed by atoms with Crippen LogP contribution in [0.5, 0.6) is 0 Å². The first-order chi connectivity index (χ1) is 6.27. The van der Waals surface area contributed by atoms with Gasteiger partial charge in [-0.15, -0.1) is 6.58 Å². The number of hydrogen-bond acceptors (Lipinski definition) is 3. The summed E-state index contributed by atoms with van der Waals surface area (Å²) in [6.07, 6.45) is 6.51. The first-order valence-electron chi connectivity index (χ1n) is 4.28. The highest BCUT2D eigenvalue weighted by molar-refractivity contribution is 5.74. The van der Waals surface area contributed by atoms with Gasteiger partial charge in [-0.2, -0.15) is 0 Å². The third-order valence-corrected chi connectivity index (χ3v) is 1.90. The van der Waals surface area contributed by atoms with Crippen LogP contribution in [0.2, 0.25) is 0 Å². The molecule has 0 unspecified atom stereocenters. The Morgan fingerprint density at radius 3 is 3.23 bits per heavy atom. The fourth-order valence-electron chi connectivity index (χ4n) is 1.25. The fraction of sp³-hybridized carbons (Fsp3) is 0.500. The Balaban J connectivity index is 2.50. The lowest BCUT2D eigenvalue weighted by molar-refractivity contribution is -0.156. The van der Waals surface area contributed by atoms with Gasteiger partial charge < -0.3 is 9.47 Å². The Hall–Kier alpha value is -1.09. The molecule has 0 aromatic rings. The van der Waals surface area contributed by atoms with Crippen molar-refractivity contribution in [2.75, 3.05) is 7.11 Å². The fourth-order valence-corrected chi connectivity index (χ4v) is 1.25. The summed E-state index contributed by atoms with van der Waals surface area (Å²) >= 11 is 0. The van der Waals surface area contributed by atoms with Crippen LogP contribution in [0.25, 0.3) is 0 Å². The van der Waals surface area contributed by atoms with E-state index >= 15 is 0 Å². The van der Waals surface area contributed by atoms with Crippen molar-refractivity contribution in [3.05, 3.63) is 24.8 Å². The Bertz CT molecular complexity index is 220. The molecule has 0 radical (unpaired) electrons. The van der Waals surface area contributed by atoms with Crippen LogP contribution in [0, 0.1) is 0 Å². The van der Waals surface area contributed by atoms with E-state index in [2.05, 4.69) is 11.3 Å². The molecule has 0 amide bonds. The lowest BCUT2D eigenvalue weighted by Gasteiger charge is -2.23. The first kappa shape index (κ1) is 9.99. The Kier molecular flexibility index (Phi) is 3.71. The van der Waals surface area contributed by atoms with Crippen LogP contribution in [0.3, 0.4) is 0 Å². The van der Waals surface area contributed by atoms with Gasteiger partial charge in [0.05, 0.1) is 13.2 Å². The average molecular weight is 182 g/mol. The zero-order chi connectivity index (χ0) is 9.68. The second kappa shape index (κ2) is 4.82. The summed E-state index contributed by atoms with van der Waals surface area (Å²) in [5.74, 6) is -0.307. The molecule has 1 rings (SSSR count). The summed E-state index contributed by atoms with van der Waals surface area (Å²) in [7, 11) is 1.37. The second-order valence-electron chi connectivity index (χ2n) is 2.87. The van der Waals surface area contributed by atoms with E-state index in [0.29, 0.717) is 6.42 Å². The highest BCUT2D eigenvalue weighted by Gasteiger charge is 2.24. The van der Waals surface area contributed by atoms with Gasteiger partial charge in [0.15, 0.2) is 6.10 Å². The van der Waals surface area contributed by atoms with Gasteiger partial charge in [0, 0.05) is 6.42 Å². The van der Waals surface area contributed by atoms with Crippen LogP contribution in [0.15, 0.2) is 24.8 Å². The summed E-state index contributed by atoms with van der Waals surface area (Å²) < 4.78 is 10.0. The molecule has 0 spiro atoms. The van der Waals surface area contributed by atoms with Gasteiger partial charge in [-0.25, -0.2) is 4.79 Å². The molecule has 0 fully saturated rings. The Labute approximate surface area is 78.0 Å². The van der Waals surface area contributed by atoms with Crippen molar-refractivity contribution in [2.24, 2.45) is 0 Å². The molecule has 72 valence electrons. The van der Waals surface area contributed by atoms with Gasteiger partial charge in [-0.1, -0.05) is 18.2 Å². The summed E-state index contributed by atoms with van der Waals surface area (Å²) in [6.45, 7) is 3.61. The first-order valence-corrected chi connectivity index (χ1v) is 4.28. The molecule has 0 aromatic heterocycles. The topological polar surface area (TPSA) is 35.5 Å². The molecular weight excluding hydrogens is 168 g/mol. The molecule has 0 bridgehead atoms. The van der Waals surface area contributed by atoms with Crippen molar-refractivity contribution < 1.29 is 14.3 Å². The monoisotopic (exact) mass is 182 g/mol. The van der Waals surface area contributed by atoms with E-state index in [1.165, 1.54) is 7.11 Å². The molecule has 1 aliphatic heterocycles. The van der Waals surface area contributed by atoms with Crippen LogP contribution >= 0.6 is 0 Å². The SMILES string of the molecule is C=CC[C@H]1C=CC[C@H](C(=O)OC)O1. The summed E-state index contributed by atoms with van der Waals surface area (Å²) in [4.78, 5) is 11.1. The maximum absolute atomic E-state index is 11.1. The lowest BCUT2D eigenvalue weighted by atomic mass is 10.1. The summed E-state index contributed by atoms with van der Waals surface area (Å²) in [6, 6.07) is 0. The summed E-state index contributed by atoms with van der Waals surface area (Å²) in [5, 5.41) is 0. The van der Waals surface area contributed by atoms with Crippen molar-refractivity contribution >= 4 is 5.97 Å². The highest BCUT2D eigenvalue weighted by atomic mass is 16.6. The molecule has 0 N–H and O–H groups in total. The van der Waals surface area contributed by atoms with E-state index in [0.717, 1.165) is 6.42 Å². The number of methoxy groups -OCH3 is 1. The molecule has 2 atom stereocenters. The van der Waals surface area contributed by atoms with E-state index in [9.17, 15) is 4.79 Å². The maximum atomic E-state index is 11.1. The van der Waals surface area contributed by atoms with Crippen LogP contribution < -0.4 is 0 Å². The van der Waals surface area contributed by atoms with E-state index in [-0.39, 0.29) is 12.1 Å². The van der Waals surface area contributed by atoms with Crippen molar-refractivity contribution in [3.63, 3.8) is 0 Å². The van der Waals surface area contributed by atoms with Gasteiger partial charge in [0.25, 0.3) is 0 Å². The van der Waals surface area contributed by atoms with Gasteiger partial charge in [0.2, 0.25) is 0 Å². The predicted octanol–water partition coefficient (Wildman–Crippen LogP) is 1.45. The van der Waals surface area contributed by atoms with Crippen molar-refractivity contribution in [3.8, 4) is 0 Å². The zero-order valence-corrected chi connectivity index (χ0v) is 7.73. The molecule has 0 aliphatic carbocycles. The van der Waals surface area contributed by atoms with Crippen LogP contribution in [0.4, 0.5) is 0 Å². The number of hydrogen-bond donors (Lipinski definition) is 0. The van der Waals surface area contributed by atoms with Gasteiger partial charge in [0.1, 0.15) is 0 Å². The maximum Gasteiger partial charge on any atom is 0.335 e. The Morgan fingerprint density at radius 1 is 1.85 bits per heavy atom. The van der Waals surface area contributed by atoms with Crippen molar-refractivity contribution in [1.29, 1.82) is 0 Å². The normalized spacial score (nSPS) is 26.8. The summed E-state index contributed by atoms with van der Waals surface area (Å²) in [5.41, 5.74) is 0. The predicted molar refractivity (Wildman–Crippen MR) is 49.2 cm³/mol. The number of carbonyl (C=O) groups excluding carboxylic acids is 1. The molecule has 3 heteroatoms. The molecule has 13 heavy (non-hydrogen) atoms. The van der Waals surface area contributed by atoms with E-state index < -0.39 is 6.10 Å². The molecule has 0 saturated heterocycles. The van der Waals surface area contributed by atoms with Crippen molar-refractivity contribution in [1.82, 2.24) is 0 Å². The highest BCUT2D eigenvalue weighted by Crippen LogP contribution is 2.15. The van der Waals surface area contributed by atoms with Gasteiger partial charge in [-0.3, -0.25) is 0 Å². The van der Waals surface area contributed by atoms with E-state index in [1.54, 1.807) is 6.08 Å². The van der Waals surface area contributed by atoms with Gasteiger partial charge >= 0.3 is 5.97 Å². The molecule has 3 nitrogen and oxygen atoms in total. The number of rotatable bonds is 3. The van der Waals surface area contributed by atoms with Crippen LogP contribution in [-0.4, -0.2) is 25.3 Å². The minimum absolute atomic E-state index is 0.0321. The van der Waals surface area contributed by atoms with Crippen LogP contribution in [-0.2, 0) is 14.3 Å². The largest absolute Gasteiger partial charge is 0.467 e. The number of ether oxygens (including phenoxy) is 2. The Morgan fingerprint density at radius 2 is 2.62 bits per heavy atom. The molecule has 0 aromatic carbocycles. The lowest BCUT2D eigenvalue weighted by Crippen LogP contribution is -2.31. The minimum Gasteiger partial charge on any atom is -0.467 e. The third kappa shape index (κ3) is 2.70. The minimum atomic E-state index is -0.444. The quantitative estimate of drug-likeness (QED) is 0.489. The molecular formula is C10H14O3. The number of esters is 1. The standard InChI is InChI=1S/C10H14O3/c1-3-5-8-6-4-7-9(13-8)10(11)12-2/h3-4,6,8-9H,1,5,7H2,2H3/t8-,9+/m0/s1. The van der Waals surface area contributed by atoms with E-state index in [4.69, 9.17) is 4.74 Å². The number of carbonyl (C=O) groups is 1. The third-order valence-electron chi connectivity index (χ3n) is 1.90. The van der Waals surface area contributed by atoms with Gasteiger partial charge in [-0.05, 0) is 6.42 Å². The zero-order valence-electron chi connectivity index (χ0n) is 7.73. The van der Waals surface area contributed by atoms with E-state index in [1.807, 2.05) is 12.2 Å². The second-order valence-corrected chi connectivity index (χ2v) is 2.87.